The van der Waals surface area contributed by atoms with Gasteiger partial charge in [0, 0.05) is 6.61 Å². The summed E-state index contributed by atoms with van der Waals surface area (Å²) in [5, 5.41) is 0. The first-order valence-electron chi connectivity index (χ1n) is 10.1. The third-order valence-corrected chi connectivity index (χ3v) is 5.43. The van der Waals surface area contributed by atoms with Crippen LogP contribution >= 0.6 is 0 Å². The highest BCUT2D eigenvalue weighted by atomic mass is 32.2. The molecule has 0 aliphatic rings. The molecule has 1 atom stereocenters. The van der Waals surface area contributed by atoms with Crippen LogP contribution in [0.25, 0.3) is 0 Å². The van der Waals surface area contributed by atoms with Crippen LogP contribution in [0.15, 0.2) is 24.3 Å². The Morgan fingerprint density at radius 3 is 2.03 bits per heavy atom. The first-order valence-corrected chi connectivity index (χ1v) is 11.8. The summed E-state index contributed by atoms with van der Waals surface area (Å²) in [6.45, 7) is 10.2. The fraction of sp³-hybridized carbons (Fsp3) is 0.667. The lowest BCUT2D eigenvalue weighted by atomic mass is 9.96. The highest BCUT2D eigenvalue weighted by molar-refractivity contribution is 7.90. The van der Waals surface area contributed by atoms with Crippen LogP contribution in [0.1, 0.15) is 44.7 Å². The van der Waals surface area contributed by atoms with E-state index >= 15 is 0 Å². The maximum atomic E-state index is 12.3. The zero-order valence-corrected chi connectivity index (χ0v) is 18.8. The monoisotopic (exact) mass is 429 g/mol. The number of carbonyl (C=O) groups excluding carboxylic acids is 1. The summed E-state index contributed by atoms with van der Waals surface area (Å²) < 4.78 is 42.0. The lowest BCUT2D eigenvalue weighted by molar-refractivity contribution is -0.120. The third-order valence-electron chi connectivity index (χ3n) is 4.22. The molecule has 0 radical (unpaired) electrons. The molecular formula is C21H35NO6S. The van der Waals surface area contributed by atoms with E-state index in [2.05, 4.69) is 18.6 Å². The van der Waals surface area contributed by atoms with E-state index in [4.69, 9.17) is 14.2 Å². The fourth-order valence-corrected chi connectivity index (χ4v) is 3.53. The van der Waals surface area contributed by atoms with Crippen molar-refractivity contribution in [2.24, 2.45) is 5.92 Å². The Bertz CT molecular complexity index is 688. The highest BCUT2D eigenvalue weighted by Gasteiger charge is 2.21. The van der Waals surface area contributed by atoms with Crippen molar-refractivity contribution in [2.75, 3.05) is 45.4 Å². The number of hydrogen-bond donors (Lipinski definition) is 1. The molecule has 8 heteroatoms. The van der Waals surface area contributed by atoms with E-state index in [0.29, 0.717) is 32.3 Å². The van der Waals surface area contributed by atoms with Crippen LogP contribution in [0.3, 0.4) is 0 Å². The molecule has 0 fully saturated rings. The molecule has 0 bridgehead atoms. The summed E-state index contributed by atoms with van der Waals surface area (Å²) in [5.41, 5.74) is 1.98. The number of rotatable bonds is 15. The Morgan fingerprint density at radius 2 is 1.48 bits per heavy atom. The minimum atomic E-state index is -3.75. The molecule has 29 heavy (non-hydrogen) atoms. The molecule has 1 rings (SSSR count). The number of amides is 1. The molecule has 0 aliphatic heterocycles. The van der Waals surface area contributed by atoms with Crippen molar-refractivity contribution >= 4 is 15.9 Å². The van der Waals surface area contributed by atoms with Gasteiger partial charge in [-0.1, -0.05) is 38.1 Å². The van der Waals surface area contributed by atoms with E-state index in [9.17, 15) is 13.2 Å². The zero-order chi connectivity index (χ0) is 21.7. The van der Waals surface area contributed by atoms with Crippen LogP contribution in [0.2, 0.25) is 0 Å². The summed E-state index contributed by atoms with van der Waals surface area (Å²) >= 11 is 0. The van der Waals surface area contributed by atoms with Crippen molar-refractivity contribution in [2.45, 2.75) is 40.0 Å². The first-order chi connectivity index (χ1) is 13.7. The van der Waals surface area contributed by atoms with Gasteiger partial charge in [-0.3, -0.25) is 9.52 Å². The highest BCUT2D eigenvalue weighted by Crippen LogP contribution is 2.18. The summed E-state index contributed by atoms with van der Waals surface area (Å²) in [4.78, 5) is 12.3. The van der Waals surface area contributed by atoms with Crippen molar-refractivity contribution in [3.8, 4) is 0 Å². The van der Waals surface area contributed by atoms with E-state index in [1.54, 1.807) is 6.92 Å². The number of carbonyl (C=O) groups is 1. The molecule has 0 aliphatic carbocycles. The van der Waals surface area contributed by atoms with Crippen LogP contribution < -0.4 is 4.72 Å². The first kappa shape index (κ1) is 25.6. The number of benzene rings is 1. The van der Waals surface area contributed by atoms with Crippen molar-refractivity contribution in [3.63, 3.8) is 0 Å². The predicted octanol–water partition coefficient (Wildman–Crippen LogP) is 2.50. The topological polar surface area (TPSA) is 90.9 Å². The molecule has 1 aromatic rings. The maximum Gasteiger partial charge on any atom is 0.240 e. The zero-order valence-electron chi connectivity index (χ0n) is 18.0. The average Bonchev–Trinajstić information content (AvgIpc) is 2.66. The molecule has 7 nitrogen and oxygen atoms in total. The van der Waals surface area contributed by atoms with Crippen molar-refractivity contribution in [1.29, 1.82) is 0 Å². The van der Waals surface area contributed by atoms with E-state index in [0.717, 1.165) is 12.0 Å². The number of ether oxygens (including phenoxy) is 3. The molecule has 0 spiro atoms. The van der Waals surface area contributed by atoms with Crippen LogP contribution in [-0.2, 0) is 35.4 Å². The molecule has 1 amide bonds. The van der Waals surface area contributed by atoms with Crippen molar-refractivity contribution in [1.82, 2.24) is 4.72 Å². The Balaban J connectivity index is 2.34. The number of sulfonamides is 1. The van der Waals surface area contributed by atoms with Gasteiger partial charge in [0.25, 0.3) is 0 Å². The van der Waals surface area contributed by atoms with Crippen molar-refractivity contribution < 1.29 is 27.4 Å². The quantitative estimate of drug-likeness (QED) is 0.431. The van der Waals surface area contributed by atoms with Crippen LogP contribution in [0.5, 0.6) is 0 Å². The fourth-order valence-electron chi connectivity index (χ4n) is 2.61. The van der Waals surface area contributed by atoms with Gasteiger partial charge in [0.15, 0.2) is 0 Å². The number of hydrogen-bond acceptors (Lipinski definition) is 6. The second kappa shape index (κ2) is 13.7. The van der Waals surface area contributed by atoms with E-state index in [1.165, 1.54) is 5.56 Å². The van der Waals surface area contributed by atoms with Crippen LogP contribution in [0, 0.1) is 5.92 Å². The van der Waals surface area contributed by atoms with Gasteiger partial charge >= 0.3 is 0 Å². The molecule has 0 saturated carbocycles. The van der Waals surface area contributed by atoms with Gasteiger partial charge in [-0.25, -0.2) is 8.42 Å². The normalized spacial score (nSPS) is 12.9. The molecule has 1 aromatic carbocycles. The van der Waals surface area contributed by atoms with Gasteiger partial charge < -0.3 is 14.2 Å². The molecule has 1 N–H and O–H groups in total. The van der Waals surface area contributed by atoms with E-state index in [-0.39, 0.29) is 19.0 Å². The Hall–Kier alpha value is -1.48. The van der Waals surface area contributed by atoms with Gasteiger partial charge in [0.2, 0.25) is 15.9 Å². The lowest BCUT2D eigenvalue weighted by Crippen LogP contribution is -2.36. The van der Waals surface area contributed by atoms with Gasteiger partial charge in [0.1, 0.15) is 0 Å². The van der Waals surface area contributed by atoms with E-state index in [1.807, 2.05) is 31.2 Å². The summed E-state index contributed by atoms with van der Waals surface area (Å²) in [6, 6.07) is 7.72. The van der Waals surface area contributed by atoms with Gasteiger partial charge in [-0.15, -0.1) is 0 Å². The summed E-state index contributed by atoms with van der Waals surface area (Å²) in [7, 11) is -3.75. The second-order valence-electron chi connectivity index (χ2n) is 7.27. The Morgan fingerprint density at radius 1 is 0.931 bits per heavy atom. The Labute approximate surface area is 175 Å². The minimum Gasteiger partial charge on any atom is -0.379 e. The SMILES string of the molecule is CCOCCOCCOCCS(=O)(=O)NC(=O)[C@H](C)c1ccc(CC(C)C)cc1. The van der Waals surface area contributed by atoms with Crippen molar-refractivity contribution in [3.05, 3.63) is 35.4 Å². The molecule has 0 unspecified atom stereocenters. The summed E-state index contributed by atoms with van der Waals surface area (Å²) in [6.07, 6.45) is 0.965. The van der Waals surface area contributed by atoms with Gasteiger partial charge in [-0.05, 0) is 37.3 Å². The maximum absolute atomic E-state index is 12.3. The van der Waals surface area contributed by atoms with Gasteiger partial charge in [0.05, 0.1) is 44.7 Å². The molecule has 0 aromatic heterocycles. The van der Waals surface area contributed by atoms with Crippen LogP contribution in [-0.4, -0.2) is 59.7 Å². The second-order valence-corrected chi connectivity index (χ2v) is 9.11. The summed E-state index contributed by atoms with van der Waals surface area (Å²) in [5.74, 6) is -0.827. The molecular weight excluding hydrogens is 394 g/mol. The average molecular weight is 430 g/mol. The minimum absolute atomic E-state index is 0.00425. The largest absolute Gasteiger partial charge is 0.379 e. The van der Waals surface area contributed by atoms with Gasteiger partial charge in [-0.2, -0.15) is 0 Å². The molecule has 166 valence electrons. The smallest absolute Gasteiger partial charge is 0.240 e. The Kier molecular flexibility index (Phi) is 12.1. The third kappa shape index (κ3) is 11.3. The van der Waals surface area contributed by atoms with Crippen LogP contribution in [0.4, 0.5) is 0 Å². The lowest BCUT2D eigenvalue weighted by Gasteiger charge is -2.14. The van der Waals surface area contributed by atoms with E-state index < -0.39 is 21.8 Å². The molecule has 0 saturated heterocycles. The standard InChI is InChI=1S/C21H35NO6S/c1-5-26-10-11-27-12-13-28-14-15-29(24,25)22-21(23)18(4)20-8-6-19(7-9-20)16-17(2)3/h6-9,17-18H,5,10-16H2,1-4H3,(H,22,23)/t18-/m1/s1. The number of nitrogens with one attached hydrogen (secondary N) is 1. The molecule has 0 heterocycles. The predicted molar refractivity (Wildman–Crippen MR) is 113 cm³/mol.